The average molecular weight is 191 g/mol. The number of hydrogen-bond donors (Lipinski definition) is 0. The molecule has 1 aromatic rings. The predicted octanol–water partition coefficient (Wildman–Crippen LogP) is 2.41. The molecule has 1 aliphatic rings. The van der Waals surface area contributed by atoms with Gasteiger partial charge in [-0.2, -0.15) is 0 Å². The molecule has 0 saturated heterocycles. The van der Waals surface area contributed by atoms with Crippen LogP contribution in [0.1, 0.15) is 40.7 Å². The third-order valence-electron chi connectivity index (χ3n) is 3.47. The summed E-state index contributed by atoms with van der Waals surface area (Å²) in [6.07, 6.45) is 1.77. The number of ketones is 1. The Bertz CT molecular complexity index is 401. The van der Waals surface area contributed by atoms with Crippen molar-refractivity contribution in [3.8, 4) is 0 Å². The van der Waals surface area contributed by atoms with Crippen molar-refractivity contribution in [3.63, 3.8) is 0 Å². The highest BCUT2D eigenvalue weighted by molar-refractivity contribution is 6.00. The van der Waals surface area contributed by atoms with Crippen molar-refractivity contribution in [1.82, 2.24) is 4.57 Å². The van der Waals surface area contributed by atoms with Gasteiger partial charge in [0.25, 0.3) is 0 Å². The molecule has 14 heavy (non-hydrogen) atoms. The molecular formula is C12H17NO. The van der Waals surface area contributed by atoms with Gasteiger partial charge in [0.05, 0.1) is 0 Å². The monoisotopic (exact) mass is 191 g/mol. The van der Waals surface area contributed by atoms with Crippen LogP contribution in [-0.4, -0.2) is 10.4 Å². The van der Waals surface area contributed by atoms with Crippen LogP contribution >= 0.6 is 0 Å². The zero-order valence-electron chi connectivity index (χ0n) is 9.35. The molecule has 76 valence electrons. The zero-order valence-corrected chi connectivity index (χ0v) is 9.35. The minimum Gasteiger partial charge on any atom is -0.351 e. The molecule has 1 heterocycles. The van der Waals surface area contributed by atoms with Crippen LogP contribution in [0.2, 0.25) is 0 Å². The van der Waals surface area contributed by atoms with Crippen LogP contribution in [0.15, 0.2) is 0 Å². The second-order valence-corrected chi connectivity index (χ2v) is 4.53. The summed E-state index contributed by atoms with van der Waals surface area (Å²) in [7, 11) is 2.06. The highest BCUT2D eigenvalue weighted by Crippen LogP contribution is 2.30. The molecule has 0 aromatic carbocycles. The Labute approximate surface area is 84.9 Å². The zero-order chi connectivity index (χ0) is 10.5. The minimum absolute atomic E-state index is 0.333. The van der Waals surface area contributed by atoms with Crippen LogP contribution in [0, 0.1) is 19.8 Å². The normalized spacial score (nSPS) is 21.1. The number of fused-ring (bicyclic) bond motifs is 1. The Hall–Kier alpha value is -1.05. The molecule has 0 aliphatic heterocycles. The van der Waals surface area contributed by atoms with Crippen molar-refractivity contribution < 1.29 is 4.79 Å². The van der Waals surface area contributed by atoms with Crippen molar-refractivity contribution in [2.24, 2.45) is 13.0 Å². The summed E-state index contributed by atoms with van der Waals surface area (Å²) >= 11 is 0. The van der Waals surface area contributed by atoms with Crippen LogP contribution < -0.4 is 0 Å². The molecule has 2 rings (SSSR count). The van der Waals surface area contributed by atoms with E-state index in [9.17, 15) is 4.79 Å². The highest BCUT2D eigenvalue weighted by Gasteiger charge is 2.28. The van der Waals surface area contributed by atoms with Crippen LogP contribution in [-0.2, 0) is 13.5 Å². The van der Waals surface area contributed by atoms with Gasteiger partial charge < -0.3 is 4.57 Å². The van der Waals surface area contributed by atoms with Crippen molar-refractivity contribution >= 4 is 5.78 Å². The van der Waals surface area contributed by atoms with Crippen LogP contribution in [0.5, 0.6) is 0 Å². The van der Waals surface area contributed by atoms with Crippen molar-refractivity contribution in [1.29, 1.82) is 0 Å². The fraction of sp³-hybridized carbons (Fsp3) is 0.583. The summed E-state index contributed by atoms with van der Waals surface area (Å²) in [5, 5.41) is 0. The van der Waals surface area contributed by atoms with Crippen molar-refractivity contribution in [2.75, 3.05) is 0 Å². The van der Waals surface area contributed by atoms with Gasteiger partial charge in [0.2, 0.25) is 0 Å². The Morgan fingerprint density at radius 2 is 1.93 bits per heavy atom. The molecule has 1 aromatic heterocycles. The number of aromatic nitrogens is 1. The smallest absolute Gasteiger partial charge is 0.165 e. The Balaban J connectivity index is 2.65. The molecule has 0 radical (unpaired) electrons. The molecule has 0 saturated carbocycles. The molecular weight excluding hydrogens is 174 g/mol. The number of Topliss-reactive ketones (excluding diaryl/α,β-unsaturated/α-hetero) is 1. The van der Waals surface area contributed by atoms with E-state index in [4.69, 9.17) is 0 Å². The van der Waals surface area contributed by atoms with Gasteiger partial charge in [-0.05, 0) is 31.7 Å². The summed E-state index contributed by atoms with van der Waals surface area (Å²) in [5.41, 5.74) is 4.66. The third kappa shape index (κ3) is 1.13. The first-order valence-corrected chi connectivity index (χ1v) is 5.20. The van der Waals surface area contributed by atoms with E-state index in [-0.39, 0.29) is 0 Å². The lowest BCUT2D eigenvalue weighted by Crippen LogP contribution is -2.19. The van der Waals surface area contributed by atoms with Crippen LogP contribution in [0.3, 0.4) is 0 Å². The van der Waals surface area contributed by atoms with E-state index in [2.05, 4.69) is 32.4 Å². The van der Waals surface area contributed by atoms with Gasteiger partial charge in [0.15, 0.2) is 5.78 Å². The second kappa shape index (κ2) is 2.97. The summed E-state index contributed by atoms with van der Waals surface area (Å²) in [6, 6.07) is 0. The maximum atomic E-state index is 11.9. The van der Waals surface area contributed by atoms with Gasteiger partial charge in [-0.1, -0.05) is 6.92 Å². The Morgan fingerprint density at radius 3 is 2.57 bits per heavy atom. The largest absolute Gasteiger partial charge is 0.351 e. The first kappa shape index (κ1) is 9.50. The molecule has 2 heteroatoms. The summed E-state index contributed by atoms with van der Waals surface area (Å²) < 4.78 is 2.18. The molecule has 0 bridgehead atoms. The predicted molar refractivity (Wildman–Crippen MR) is 56.7 cm³/mol. The lowest BCUT2D eigenvalue weighted by molar-refractivity contribution is 0.0952. The molecule has 0 spiro atoms. The maximum Gasteiger partial charge on any atom is 0.165 e. The van der Waals surface area contributed by atoms with E-state index >= 15 is 0 Å². The lowest BCUT2D eigenvalue weighted by Gasteiger charge is -2.19. The van der Waals surface area contributed by atoms with Gasteiger partial charge in [0.1, 0.15) is 0 Å². The first-order chi connectivity index (χ1) is 6.52. The summed E-state index contributed by atoms with van der Waals surface area (Å²) in [5.74, 6) is 0.836. The molecule has 0 fully saturated rings. The quantitative estimate of drug-likeness (QED) is 0.617. The fourth-order valence-electron chi connectivity index (χ4n) is 2.45. The number of rotatable bonds is 0. The second-order valence-electron chi connectivity index (χ2n) is 4.53. The molecule has 0 N–H and O–H groups in total. The number of carbonyl (C=O) groups excluding carboxylic acids is 1. The summed E-state index contributed by atoms with van der Waals surface area (Å²) in [6.45, 7) is 6.30. The van der Waals surface area contributed by atoms with E-state index < -0.39 is 0 Å². The average Bonchev–Trinajstić information content (AvgIpc) is 2.31. The maximum absolute atomic E-state index is 11.9. The standard InChI is InChI=1S/C12H17NO/c1-7-5-10-12(11(14)6-7)8(2)9(3)13(10)4/h7H,5-6H2,1-4H3. The van der Waals surface area contributed by atoms with E-state index in [0.29, 0.717) is 11.7 Å². The van der Waals surface area contributed by atoms with Gasteiger partial charge in [-0.15, -0.1) is 0 Å². The Kier molecular flexibility index (Phi) is 2.02. The fourth-order valence-corrected chi connectivity index (χ4v) is 2.45. The van der Waals surface area contributed by atoms with Gasteiger partial charge >= 0.3 is 0 Å². The highest BCUT2D eigenvalue weighted by atomic mass is 16.1. The van der Waals surface area contributed by atoms with Crippen LogP contribution in [0.25, 0.3) is 0 Å². The molecule has 1 atom stereocenters. The van der Waals surface area contributed by atoms with Crippen molar-refractivity contribution in [2.45, 2.75) is 33.6 Å². The van der Waals surface area contributed by atoms with Gasteiger partial charge in [-0.25, -0.2) is 0 Å². The summed E-state index contributed by atoms with van der Waals surface area (Å²) in [4.78, 5) is 11.9. The first-order valence-electron chi connectivity index (χ1n) is 5.20. The van der Waals surface area contributed by atoms with E-state index in [1.54, 1.807) is 0 Å². The van der Waals surface area contributed by atoms with Crippen molar-refractivity contribution in [3.05, 3.63) is 22.5 Å². The SMILES string of the molecule is Cc1c2c(n(C)c1C)CC(C)CC2=O. The van der Waals surface area contributed by atoms with E-state index in [0.717, 1.165) is 18.4 Å². The minimum atomic E-state index is 0.333. The molecule has 0 amide bonds. The Morgan fingerprint density at radius 1 is 1.29 bits per heavy atom. The number of hydrogen-bond acceptors (Lipinski definition) is 1. The van der Waals surface area contributed by atoms with Crippen LogP contribution in [0.4, 0.5) is 0 Å². The van der Waals surface area contributed by atoms with E-state index in [1.165, 1.54) is 17.0 Å². The van der Waals surface area contributed by atoms with Gasteiger partial charge in [-0.3, -0.25) is 4.79 Å². The third-order valence-corrected chi connectivity index (χ3v) is 3.47. The number of carbonyl (C=O) groups is 1. The van der Waals surface area contributed by atoms with E-state index in [1.807, 2.05) is 0 Å². The topological polar surface area (TPSA) is 22.0 Å². The molecule has 1 aliphatic carbocycles. The molecule has 2 nitrogen and oxygen atoms in total. The van der Waals surface area contributed by atoms with Gasteiger partial charge in [0, 0.05) is 30.4 Å². The lowest BCUT2D eigenvalue weighted by atomic mass is 9.87. The molecule has 1 unspecified atom stereocenters. The number of nitrogens with zero attached hydrogens (tertiary/aromatic N) is 1.